The highest BCUT2D eigenvalue weighted by Gasteiger charge is 2.33. The van der Waals surface area contributed by atoms with E-state index in [0.717, 1.165) is 78.6 Å². The highest BCUT2D eigenvalue weighted by atomic mass is 35.5. The quantitative estimate of drug-likeness (QED) is 0.373. The molecular formula is C28H32ClN3O3. The van der Waals surface area contributed by atoms with Gasteiger partial charge in [-0.15, -0.1) is 0 Å². The number of ether oxygens (including phenoxy) is 2. The Balaban J connectivity index is 1.35. The molecule has 0 bridgehead atoms. The lowest BCUT2D eigenvalue weighted by atomic mass is 9.92. The van der Waals surface area contributed by atoms with Crippen molar-refractivity contribution in [1.29, 1.82) is 0 Å². The number of amides is 1. The molecule has 1 N–H and O–H groups in total. The molecule has 1 amide bonds. The van der Waals surface area contributed by atoms with Crippen LogP contribution in [0.3, 0.4) is 0 Å². The number of rotatable bonds is 7. The lowest BCUT2D eigenvalue weighted by molar-refractivity contribution is -0.128. The number of carbonyl (C=O) groups excluding carboxylic acids is 1. The first kappa shape index (κ1) is 23.9. The van der Waals surface area contributed by atoms with Crippen LogP contribution < -0.4 is 4.74 Å². The zero-order chi connectivity index (χ0) is 24.2. The highest BCUT2D eigenvalue weighted by molar-refractivity contribution is 6.31. The molecule has 0 spiro atoms. The molecule has 1 aromatic heterocycles. The summed E-state index contributed by atoms with van der Waals surface area (Å²) in [5.74, 6) is 0.866. The Labute approximate surface area is 211 Å². The van der Waals surface area contributed by atoms with Gasteiger partial charge in [0.05, 0.1) is 25.9 Å². The summed E-state index contributed by atoms with van der Waals surface area (Å²) in [6, 6.07) is 13.9. The fraction of sp³-hybridized carbons (Fsp3) is 0.393. The number of carbonyl (C=O) groups is 1. The molecule has 2 aromatic carbocycles. The zero-order valence-corrected chi connectivity index (χ0v) is 20.9. The lowest BCUT2D eigenvalue weighted by Crippen LogP contribution is -2.39. The Morgan fingerprint density at radius 1 is 1.17 bits per heavy atom. The summed E-state index contributed by atoms with van der Waals surface area (Å²) in [7, 11) is 0. The third-order valence-electron chi connectivity index (χ3n) is 6.87. The van der Waals surface area contributed by atoms with Gasteiger partial charge in [-0.25, -0.2) is 0 Å². The predicted octanol–water partition coefficient (Wildman–Crippen LogP) is 4.97. The first-order valence-electron chi connectivity index (χ1n) is 12.4. The van der Waals surface area contributed by atoms with Gasteiger partial charge in [-0.2, -0.15) is 0 Å². The molecule has 0 aliphatic carbocycles. The number of nitrogens with zero attached hydrogens (tertiary/aromatic N) is 2. The van der Waals surface area contributed by atoms with E-state index in [0.29, 0.717) is 13.2 Å². The van der Waals surface area contributed by atoms with Crippen LogP contribution in [0.5, 0.6) is 5.75 Å². The molecule has 1 atom stereocenters. The number of H-pyrrole nitrogens is 1. The number of aromatic nitrogens is 1. The van der Waals surface area contributed by atoms with Gasteiger partial charge >= 0.3 is 0 Å². The minimum absolute atomic E-state index is 0.0169. The Morgan fingerprint density at radius 2 is 1.97 bits per heavy atom. The van der Waals surface area contributed by atoms with Crippen molar-refractivity contribution >= 4 is 28.4 Å². The molecule has 1 saturated heterocycles. The van der Waals surface area contributed by atoms with E-state index in [2.05, 4.69) is 22.0 Å². The van der Waals surface area contributed by atoms with Crippen LogP contribution in [0.2, 0.25) is 5.02 Å². The first-order chi connectivity index (χ1) is 17.1. The fourth-order valence-corrected chi connectivity index (χ4v) is 5.30. The second-order valence-corrected chi connectivity index (χ2v) is 9.55. The van der Waals surface area contributed by atoms with Crippen LogP contribution in [0.15, 0.2) is 54.6 Å². The number of hydrogen-bond donors (Lipinski definition) is 1. The van der Waals surface area contributed by atoms with Crippen LogP contribution in [-0.2, 0) is 16.0 Å². The molecule has 7 heteroatoms. The van der Waals surface area contributed by atoms with Gasteiger partial charge in [-0.1, -0.05) is 29.8 Å². The van der Waals surface area contributed by atoms with Gasteiger partial charge in [0.2, 0.25) is 5.91 Å². The van der Waals surface area contributed by atoms with Crippen LogP contribution in [0.4, 0.5) is 0 Å². The predicted molar refractivity (Wildman–Crippen MR) is 139 cm³/mol. The van der Waals surface area contributed by atoms with Crippen molar-refractivity contribution in [3.8, 4) is 5.75 Å². The van der Waals surface area contributed by atoms with Crippen molar-refractivity contribution in [2.45, 2.75) is 25.8 Å². The monoisotopic (exact) mass is 493 g/mol. The first-order valence-corrected chi connectivity index (χ1v) is 12.8. The van der Waals surface area contributed by atoms with Gasteiger partial charge < -0.3 is 19.4 Å². The van der Waals surface area contributed by atoms with Gasteiger partial charge in [0.15, 0.2) is 0 Å². The van der Waals surface area contributed by atoms with Crippen LogP contribution in [0.1, 0.15) is 36.2 Å². The summed E-state index contributed by atoms with van der Waals surface area (Å²) in [6.45, 7) is 7.88. The molecule has 1 fully saturated rings. The molecule has 3 aromatic rings. The second kappa shape index (κ2) is 10.9. The Bertz CT molecular complexity index is 1200. The molecule has 184 valence electrons. The number of nitrogens with one attached hydrogen (secondary N) is 1. The van der Waals surface area contributed by atoms with Gasteiger partial charge in [-0.05, 0) is 67.3 Å². The van der Waals surface area contributed by atoms with Crippen molar-refractivity contribution < 1.29 is 14.3 Å². The third kappa shape index (κ3) is 5.25. The number of morpholine rings is 1. The van der Waals surface area contributed by atoms with Crippen molar-refractivity contribution in [1.82, 2.24) is 14.8 Å². The average Bonchev–Trinajstić information content (AvgIpc) is 3.25. The SMILES string of the molecule is CC=CC(=O)N1CCc2c([nH]c3ccc(Cl)cc23)C1c1ccc(OCCCN2CCOCC2)cc1. The summed E-state index contributed by atoms with van der Waals surface area (Å²) in [6.07, 6.45) is 5.22. The van der Waals surface area contributed by atoms with Crippen molar-refractivity contribution in [3.63, 3.8) is 0 Å². The van der Waals surface area contributed by atoms with Crippen molar-refractivity contribution in [2.75, 3.05) is 46.0 Å². The number of aromatic amines is 1. The zero-order valence-electron chi connectivity index (χ0n) is 20.1. The van der Waals surface area contributed by atoms with E-state index in [9.17, 15) is 4.79 Å². The van der Waals surface area contributed by atoms with Crippen LogP contribution in [0.25, 0.3) is 10.9 Å². The summed E-state index contributed by atoms with van der Waals surface area (Å²) in [4.78, 5) is 20.9. The van der Waals surface area contributed by atoms with E-state index in [-0.39, 0.29) is 11.9 Å². The van der Waals surface area contributed by atoms with Gasteiger partial charge in [0.25, 0.3) is 0 Å². The van der Waals surface area contributed by atoms with E-state index in [4.69, 9.17) is 21.1 Å². The van der Waals surface area contributed by atoms with Crippen LogP contribution >= 0.6 is 11.6 Å². The summed E-state index contributed by atoms with van der Waals surface area (Å²) >= 11 is 6.30. The van der Waals surface area contributed by atoms with Gasteiger partial charge in [-0.3, -0.25) is 9.69 Å². The number of hydrogen-bond acceptors (Lipinski definition) is 4. The molecule has 6 nitrogen and oxygen atoms in total. The highest BCUT2D eigenvalue weighted by Crippen LogP contribution is 2.39. The molecule has 1 unspecified atom stereocenters. The van der Waals surface area contributed by atoms with Gasteiger partial charge in [0, 0.05) is 47.8 Å². The molecule has 0 saturated carbocycles. The average molecular weight is 494 g/mol. The Kier molecular flexibility index (Phi) is 7.42. The number of halogens is 1. The molecule has 0 radical (unpaired) electrons. The third-order valence-corrected chi connectivity index (χ3v) is 7.10. The van der Waals surface area contributed by atoms with Crippen molar-refractivity contribution in [3.05, 3.63) is 76.5 Å². The molecular weight excluding hydrogens is 462 g/mol. The van der Waals surface area contributed by atoms with Crippen LogP contribution in [0, 0.1) is 0 Å². The van der Waals surface area contributed by atoms with E-state index in [1.54, 1.807) is 12.2 Å². The lowest BCUT2D eigenvalue weighted by Gasteiger charge is -2.35. The second-order valence-electron chi connectivity index (χ2n) is 9.12. The smallest absolute Gasteiger partial charge is 0.247 e. The number of allylic oxidation sites excluding steroid dienone is 1. The molecule has 3 heterocycles. The molecule has 2 aliphatic rings. The minimum atomic E-state index is -0.191. The topological polar surface area (TPSA) is 57.8 Å². The van der Waals surface area contributed by atoms with E-state index >= 15 is 0 Å². The normalized spacial score (nSPS) is 18.8. The number of benzene rings is 2. The fourth-order valence-electron chi connectivity index (χ4n) is 5.13. The van der Waals surface area contributed by atoms with E-state index in [1.807, 2.05) is 42.2 Å². The standard InChI is InChI=1S/C28H32ClN3O3/c1-2-4-26(33)32-13-11-23-24-19-21(29)7-10-25(24)30-27(23)28(32)20-5-8-22(9-6-20)35-16-3-12-31-14-17-34-18-15-31/h2,4-10,19,28,30H,3,11-18H2,1H3. The largest absolute Gasteiger partial charge is 0.494 e. The molecule has 5 rings (SSSR count). The Morgan fingerprint density at radius 3 is 2.74 bits per heavy atom. The summed E-state index contributed by atoms with van der Waals surface area (Å²) < 4.78 is 11.4. The number of fused-ring (bicyclic) bond motifs is 3. The summed E-state index contributed by atoms with van der Waals surface area (Å²) in [5.41, 5.74) is 4.40. The van der Waals surface area contributed by atoms with Gasteiger partial charge in [0.1, 0.15) is 5.75 Å². The summed E-state index contributed by atoms with van der Waals surface area (Å²) in [5, 5.41) is 1.86. The maximum absolute atomic E-state index is 13.0. The minimum Gasteiger partial charge on any atom is -0.494 e. The molecule has 2 aliphatic heterocycles. The van der Waals surface area contributed by atoms with E-state index < -0.39 is 0 Å². The molecule has 35 heavy (non-hydrogen) atoms. The van der Waals surface area contributed by atoms with Crippen LogP contribution in [-0.4, -0.2) is 66.7 Å². The van der Waals surface area contributed by atoms with Crippen molar-refractivity contribution in [2.24, 2.45) is 0 Å². The van der Waals surface area contributed by atoms with E-state index in [1.165, 1.54) is 5.56 Å². The maximum Gasteiger partial charge on any atom is 0.247 e. The Hall–Kier alpha value is -2.80. The maximum atomic E-state index is 13.0.